The summed E-state index contributed by atoms with van der Waals surface area (Å²) in [5, 5.41) is 0. The van der Waals surface area contributed by atoms with Crippen LogP contribution in [0.1, 0.15) is 33.9 Å². The molecular weight excluding hydrogens is 524 g/mol. The molecule has 43 heavy (non-hydrogen) atoms. The molecule has 4 nitrogen and oxygen atoms in total. The molecule has 3 aliphatic rings. The number of aromatic amines is 2. The van der Waals surface area contributed by atoms with Crippen LogP contribution in [0.25, 0.3) is 68.6 Å². The summed E-state index contributed by atoms with van der Waals surface area (Å²) in [5.74, 6) is 0. The largest absolute Gasteiger partial charge is 0.355 e. The van der Waals surface area contributed by atoms with Crippen molar-refractivity contribution < 1.29 is 0 Å². The number of hydrogen-bond acceptors (Lipinski definition) is 2. The first-order chi connectivity index (χ1) is 21.2. The van der Waals surface area contributed by atoms with Crippen molar-refractivity contribution in [1.29, 1.82) is 0 Å². The van der Waals surface area contributed by atoms with E-state index in [4.69, 9.17) is 9.97 Å². The lowest BCUT2D eigenvalue weighted by Gasteiger charge is -2.07. The first kappa shape index (κ1) is 25.0. The highest BCUT2D eigenvalue weighted by Gasteiger charge is 2.22. The molecule has 0 saturated carbocycles. The summed E-state index contributed by atoms with van der Waals surface area (Å²) >= 11 is 0. The van der Waals surface area contributed by atoms with E-state index in [-0.39, 0.29) is 0 Å². The number of rotatable bonds is 1. The van der Waals surface area contributed by atoms with Crippen LogP contribution >= 0.6 is 0 Å². The van der Waals surface area contributed by atoms with Crippen molar-refractivity contribution in [1.82, 2.24) is 19.9 Å². The average molecular weight is 553 g/mol. The van der Waals surface area contributed by atoms with Crippen molar-refractivity contribution >= 4 is 46.4 Å². The minimum absolute atomic E-state index is 0.904. The highest BCUT2D eigenvalue weighted by atomic mass is 14.8. The molecule has 0 unspecified atom stereocenters. The van der Waals surface area contributed by atoms with Gasteiger partial charge in [-0.1, -0.05) is 78.9 Å². The number of nitrogens with zero attached hydrogens (tertiary/aromatic N) is 2. The Kier molecular flexibility index (Phi) is 6.16. The van der Waals surface area contributed by atoms with Crippen LogP contribution in [0.2, 0.25) is 0 Å². The zero-order valence-electron chi connectivity index (χ0n) is 23.5. The fourth-order valence-electron chi connectivity index (χ4n) is 6.04. The maximum atomic E-state index is 4.86. The van der Waals surface area contributed by atoms with Gasteiger partial charge in [0.25, 0.3) is 0 Å². The van der Waals surface area contributed by atoms with Crippen LogP contribution < -0.4 is 0 Å². The van der Waals surface area contributed by atoms with E-state index in [9.17, 15) is 0 Å². The predicted molar refractivity (Wildman–Crippen MR) is 179 cm³/mol. The molecule has 0 spiro atoms. The molecule has 3 aromatic carbocycles. The summed E-state index contributed by atoms with van der Waals surface area (Å²) in [6.45, 7) is 0. The lowest BCUT2D eigenvalue weighted by atomic mass is 9.96. The van der Waals surface area contributed by atoms with E-state index in [1.54, 1.807) is 0 Å². The van der Waals surface area contributed by atoms with Crippen LogP contribution in [0.15, 0.2) is 121 Å². The molecule has 2 N–H and O–H groups in total. The van der Waals surface area contributed by atoms with Gasteiger partial charge in [0.1, 0.15) is 0 Å². The second kappa shape index (κ2) is 10.6. The van der Waals surface area contributed by atoms with E-state index in [0.29, 0.717) is 0 Å². The molecule has 4 heteroatoms. The van der Waals surface area contributed by atoms with Crippen molar-refractivity contribution in [3.05, 3.63) is 155 Å². The van der Waals surface area contributed by atoms with Crippen LogP contribution in [0, 0.1) is 0 Å². The highest BCUT2D eigenvalue weighted by molar-refractivity contribution is 5.93. The SMILES string of the molecule is C1=Cc2cc3ccc(cc4cc(-c5cccc6c5Cc5ccccc5-6)c(cc5nc(cc1n2)C=C5)[nH]4)[nH]3.c1ccccc1. The summed E-state index contributed by atoms with van der Waals surface area (Å²) in [5.41, 5.74) is 15.7. The van der Waals surface area contributed by atoms with Crippen LogP contribution in [0.4, 0.5) is 0 Å². The number of fused-ring (bicyclic) bond motifs is 11. The zero-order chi connectivity index (χ0) is 28.6. The molecule has 9 rings (SSSR count). The van der Waals surface area contributed by atoms with Gasteiger partial charge in [0.15, 0.2) is 0 Å². The topological polar surface area (TPSA) is 57.4 Å². The molecule has 0 radical (unpaired) electrons. The Morgan fingerprint density at radius 1 is 0.419 bits per heavy atom. The Labute approximate surface area is 249 Å². The Bertz CT molecular complexity index is 2190. The Balaban J connectivity index is 0.000000416. The lowest BCUT2D eigenvalue weighted by molar-refractivity contribution is 1.26. The summed E-state index contributed by atoms with van der Waals surface area (Å²) in [4.78, 5) is 16.8. The third kappa shape index (κ3) is 5.00. The molecule has 2 aliphatic heterocycles. The fraction of sp³-hybridized carbons (Fsp3) is 0.0256. The number of hydrogen-bond donors (Lipinski definition) is 2. The fourth-order valence-corrected chi connectivity index (χ4v) is 6.04. The molecule has 0 saturated heterocycles. The van der Waals surface area contributed by atoms with Gasteiger partial charge in [-0.25, -0.2) is 9.97 Å². The first-order valence-corrected chi connectivity index (χ1v) is 14.5. The van der Waals surface area contributed by atoms with Crippen LogP contribution in [0.3, 0.4) is 0 Å². The summed E-state index contributed by atoms with van der Waals surface area (Å²) in [6.07, 6.45) is 9.12. The molecule has 3 aromatic heterocycles. The van der Waals surface area contributed by atoms with Gasteiger partial charge in [-0.15, -0.1) is 0 Å². The summed E-state index contributed by atoms with van der Waals surface area (Å²) in [6, 6.07) is 42.2. The smallest absolute Gasteiger partial charge is 0.0659 e. The average Bonchev–Trinajstić information content (AvgIpc) is 3.87. The van der Waals surface area contributed by atoms with Gasteiger partial charge in [0, 0.05) is 27.6 Å². The number of benzene rings is 3. The number of aromatic nitrogens is 4. The van der Waals surface area contributed by atoms with Crippen molar-refractivity contribution in [3.8, 4) is 22.3 Å². The maximum absolute atomic E-state index is 4.86. The summed E-state index contributed by atoms with van der Waals surface area (Å²) in [7, 11) is 0. The minimum Gasteiger partial charge on any atom is -0.355 e. The molecule has 1 aliphatic carbocycles. The van der Waals surface area contributed by atoms with E-state index >= 15 is 0 Å². The minimum atomic E-state index is 0.904. The zero-order valence-corrected chi connectivity index (χ0v) is 23.5. The highest BCUT2D eigenvalue weighted by Crippen LogP contribution is 2.42. The Hall–Kier alpha value is -5.74. The van der Waals surface area contributed by atoms with Gasteiger partial charge in [-0.3, -0.25) is 0 Å². The third-order valence-corrected chi connectivity index (χ3v) is 7.98. The van der Waals surface area contributed by atoms with Crippen molar-refractivity contribution in [2.75, 3.05) is 0 Å². The van der Waals surface area contributed by atoms with E-state index < -0.39 is 0 Å². The second-order valence-electron chi connectivity index (χ2n) is 10.9. The summed E-state index contributed by atoms with van der Waals surface area (Å²) < 4.78 is 0. The molecule has 8 bridgehead atoms. The number of nitrogens with one attached hydrogen (secondary N) is 2. The van der Waals surface area contributed by atoms with E-state index in [0.717, 1.165) is 51.3 Å². The van der Waals surface area contributed by atoms with Gasteiger partial charge in [-0.2, -0.15) is 0 Å². The normalized spacial score (nSPS) is 12.4. The number of H-pyrrole nitrogens is 2. The molecule has 0 fully saturated rings. The molecule has 6 aromatic rings. The van der Waals surface area contributed by atoms with Crippen molar-refractivity contribution in [2.45, 2.75) is 6.42 Å². The van der Waals surface area contributed by atoms with Gasteiger partial charge in [0.2, 0.25) is 0 Å². The molecular formula is C39H28N4. The predicted octanol–water partition coefficient (Wildman–Crippen LogP) is 9.58. The van der Waals surface area contributed by atoms with Crippen LogP contribution in [-0.4, -0.2) is 19.9 Å². The molecule has 0 amide bonds. The lowest BCUT2D eigenvalue weighted by Crippen LogP contribution is -1.87. The van der Waals surface area contributed by atoms with Gasteiger partial charge >= 0.3 is 0 Å². The maximum Gasteiger partial charge on any atom is 0.0659 e. The van der Waals surface area contributed by atoms with Gasteiger partial charge in [-0.05, 0) is 101 Å². The Morgan fingerprint density at radius 3 is 1.72 bits per heavy atom. The van der Waals surface area contributed by atoms with Crippen molar-refractivity contribution in [2.24, 2.45) is 0 Å². The van der Waals surface area contributed by atoms with E-state index in [1.807, 2.05) is 60.7 Å². The Morgan fingerprint density at radius 2 is 1.00 bits per heavy atom. The van der Waals surface area contributed by atoms with Gasteiger partial charge < -0.3 is 9.97 Å². The molecule has 0 atom stereocenters. The third-order valence-electron chi connectivity index (χ3n) is 7.98. The van der Waals surface area contributed by atoms with E-state index in [1.165, 1.54) is 33.4 Å². The second-order valence-corrected chi connectivity index (χ2v) is 10.9. The standard InChI is InChI=1S/C33H22N4.C6H6/c1-2-5-28-20(4-1)14-31-29(28)6-3-7-30(31)32-18-27-17-25-11-10-23(35-25)15-21-8-9-22(34-21)16-24-12-13-26(36-24)19-33(32)37-27;1-2-4-6-5-3-1/h1-13,15-19,35,37H,14H2;1-6H. The first-order valence-electron chi connectivity index (χ1n) is 14.5. The van der Waals surface area contributed by atoms with Crippen LogP contribution in [-0.2, 0) is 6.42 Å². The monoisotopic (exact) mass is 552 g/mol. The van der Waals surface area contributed by atoms with Crippen LogP contribution in [0.5, 0.6) is 0 Å². The quantitative estimate of drug-likeness (QED) is 0.213. The molecule has 5 heterocycles. The van der Waals surface area contributed by atoms with Crippen molar-refractivity contribution in [3.63, 3.8) is 0 Å². The molecule has 204 valence electrons. The van der Waals surface area contributed by atoms with Gasteiger partial charge in [0.05, 0.1) is 22.8 Å². The van der Waals surface area contributed by atoms with E-state index in [2.05, 4.69) is 94.9 Å².